The van der Waals surface area contributed by atoms with Gasteiger partial charge in [0, 0.05) is 39.3 Å². The predicted molar refractivity (Wildman–Crippen MR) is 122 cm³/mol. The number of para-hydroxylation sites is 1. The molecule has 0 aromatic heterocycles. The number of sulfonamides is 1. The molecule has 0 saturated carbocycles. The summed E-state index contributed by atoms with van der Waals surface area (Å²) in [6.45, 7) is 5.71. The number of hydrogen-bond acceptors (Lipinski definition) is 5. The minimum Gasteiger partial charge on any atom is -0.493 e. The molecule has 1 aliphatic heterocycles. The monoisotopic (exact) mass is 445 g/mol. The van der Waals surface area contributed by atoms with Crippen LogP contribution in [-0.2, 0) is 16.4 Å². The zero-order chi connectivity index (χ0) is 22.1. The molecule has 3 rings (SSSR count). The second-order valence-corrected chi connectivity index (χ2v) is 9.57. The number of benzene rings is 2. The highest BCUT2D eigenvalue weighted by atomic mass is 32.2. The molecule has 1 N–H and O–H groups in total. The van der Waals surface area contributed by atoms with Gasteiger partial charge in [-0.15, -0.1) is 0 Å². The molecule has 2 aromatic carbocycles. The fraction of sp³-hybridized carbons (Fsp3) is 0.435. The summed E-state index contributed by atoms with van der Waals surface area (Å²) in [6.07, 6.45) is 0.961. The van der Waals surface area contributed by atoms with Gasteiger partial charge in [0.25, 0.3) is 5.91 Å². The minimum absolute atomic E-state index is 0.0653. The van der Waals surface area contributed by atoms with Crippen molar-refractivity contribution < 1.29 is 17.9 Å². The molecule has 1 saturated heterocycles. The van der Waals surface area contributed by atoms with E-state index in [1.807, 2.05) is 25.1 Å². The van der Waals surface area contributed by atoms with E-state index in [9.17, 15) is 13.2 Å². The van der Waals surface area contributed by atoms with E-state index < -0.39 is 10.0 Å². The molecule has 0 spiro atoms. The number of nitrogens with zero attached hydrogens (tertiary/aromatic N) is 2. The van der Waals surface area contributed by atoms with Crippen LogP contribution in [-0.4, -0.2) is 75.2 Å². The number of piperazine rings is 1. The Balaban J connectivity index is 1.42. The van der Waals surface area contributed by atoms with Crippen LogP contribution < -0.4 is 10.1 Å². The molecule has 1 fully saturated rings. The highest BCUT2D eigenvalue weighted by Crippen LogP contribution is 2.17. The molecule has 0 atom stereocenters. The zero-order valence-corrected chi connectivity index (χ0v) is 18.8. The summed E-state index contributed by atoms with van der Waals surface area (Å²) >= 11 is 0. The average Bonchev–Trinajstić information content (AvgIpc) is 2.79. The molecule has 0 unspecified atom stereocenters. The van der Waals surface area contributed by atoms with Crippen molar-refractivity contribution in [2.24, 2.45) is 0 Å². The Morgan fingerprint density at radius 2 is 1.68 bits per heavy atom. The second-order valence-electron chi connectivity index (χ2n) is 7.48. The van der Waals surface area contributed by atoms with Crippen LogP contribution in [0.5, 0.6) is 5.75 Å². The maximum atomic E-state index is 12.7. The van der Waals surface area contributed by atoms with Gasteiger partial charge in [0.05, 0.1) is 17.9 Å². The molecule has 8 heteroatoms. The summed E-state index contributed by atoms with van der Waals surface area (Å²) < 4.78 is 32.4. The predicted octanol–water partition coefficient (Wildman–Crippen LogP) is 2.01. The van der Waals surface area contributed by atoms with Crippen molar-refractivity contribution in [3.63, 3.8) is 0 Å². The van der Waals surface area contributed by atoms with Crippen molar-refractivity contribution in [3.05, 3.63) is 65.7 Å². The molecular weight excluding hydrogens is 414 g/mol. The maximum Gasteiger partial charge on any atom is 0.255 e. The molecule has 7 nitrogen and oxygen atoms in total. The number of ether oxygens (including phenoxy) is 1. The highest BCUT2D eigenvalue weighted by molar-refractivity contribution is 7.89. The van der Waals surface area contributed by atoms with Gasteiger partial charge in [-0.1, -0.05) is 42.5 Å². The van der Waals surface area contributed by atoms with E-state index in [1.54, 1.807) is 24.3 Å². The van der Waals surface area contributed by atoms with Crippen molar-refractivity contribution in [2.45, 2.75) is 13.3 Å². The van der Waals surface area contributed by atoms with Gasteiger partial charge in [-0.3, -0.25) is 4.79 Å². The summed E-state index contributed by atoms with van der Waals surface area (Å²) in [6, 6.07) is 17.3. The molecular formula is C23H31N3O4S. The lowest BCUT2D eigenvalue weighted by Crippen LogP contribution is -2.50. The first kappa shape index (κ1) is 23.2. The van der Waals surface area contributed by atoms with Crippen LogP contribution in [0, 0.1) is 0 Å². The Labute approximate surface area is 185 Å². The molecule has 0 bridgehead atoms. The molecule has 0 radical (unpaired) electrons. The molecule has 2 aromatic rings. The molecule has 0 aliphatic carbocycles. The van der Waals surface area contributed by atoms with E-state index in [-0.39, 0.29) is 18.2 Å². The van der Waals surface area contributed by atoms with E-state index in [0.29, 0.717) is 31.0 Å². The summed E-state index contributed by atoms with van der Waals surface area (Å²) in [4.78, 5) is 14.7. The van der Waals surface area contributed by atoms with E-state index in [1.165, 1.54) is 9.87 Å². The van der Waals surface area contributed by atoms with Crippen LogP contribution in [0.1, 0.15) is 22.8 Å². The van der Waals surface area contributed by atoms with Crippen LogP contribution in [0.4, 0.5) is 0 Å². The lowest BCUT2D eigenvalue weighted by Gasteiger charge is -2.34. The van der Waals surface area contributed by atoms with Crippen molar-refractivity contribution >= 4 is 15.9 Å². The van der Waals surface area contributed by atoms with Crippen molar-refractivity contribution in [2.75, 3.05) is 51.6 Å². The van der Waals surface area contributed by atoms with Crippen LogP contribution in [0.3, 0.4) is 0 Å². The second kappa shape index (κ2) is 11.3. The number of nitrogens with one attached hydrogen (secondary N) is 1. The third-order valence-corrected chi connectivity index (χ3v) is 7.23. The van der Waals surface area contributed by atoms with Gasteiger partial charge in [-0.05, 0) is 31.0 Å². The minimum atomic E-state index is -3.41. The van der Waals surface area contributed by atoms with Gasteiger partial charge in [-0.2, -0.15) is 4.31 Å². The van der Waals surface area contributed by atoms with Crippen molar-refractivity contribution in [3.8, 4) is 5.75 Å². The SMILES string of the molecule is CCOc1ccccc1C(=O)NCCS(=O)(=O)N1CCN(CCc2ccccc2)CC1. The Hall–Kier alpha value is -2.42. The molecule has 1 aliphatic rings. The lowest BCUT2D eigenvalue weighted by molar-refractivity contribution is 0.0952. The number of hydrogen-bond donors (Lipinski definition) is 1. The van der Waals surface area contributed by atoms with Crippen LogP contribution in [0.25, 0.3) is 0 Å². The Bertz CT molecular complexity index is 942. The van der Waals surface area contributed by atoms with Crippen LogP contribution in [0.2, 0.25) is 0 Å². The fourth-order valence-electron chi connectivity index (χ4n) is 3.62. The standard InChI is InChI=1S/C23H31N3O4S/c1-2-30-22-11-7-6-10-21(22)23(27)24-13-19-31(28,29)26-17-15-25(16-18-26)14-12-20-8-4-3-5-9-20/h3-11H,2,12-19H2,1H3,(H,24,27). The Morgan fingerprint density at radius 1 is 1.00 bits per heavy atom. The molecule has 168 valence electrons. The smallest absolute Gasteiger partial charge is 0.255 e. The lowest BCUT2D eigenvalue weighted by atomic mass is 10.1. The highest BCUT2D eigenvalue weighted by Gasteiger charge is 2.26. The van der Waals surface area contributed by atoms with Gasteiger partial charge in [0.2, 0.25) is 10.0 Å². The van der Waals surface area contributed by atoms with Gasteiger partial charge in [-0.25, -0.2) is 8.42 Å². The van der Waals surface area contributed by atoms with E-state index in [0.717, 1.165) is 26.1 Å². The number of amides is 1. The topological polar surface area (TPSA) is 78.9 Å². The number of rotatable bonds is 10. The zero-order valence-electron chi connectivity index (χ0n) is 18.0. The Morgan fingerprint density at radius 3 is 2.39 bits per heavy atom. The largest absolute Gasteiger partial charge is 0.493 e. The fourth-order valence-corrected chi connectivity index (χ4v) is 4.95. The summed E-state index contributed by atoms with van der Waals surface area (Å²) in [5.41, 5.74) is 1.70. The van der Waals surface area contributed by atoms with E-state index in [4.69, 9.17) is 4.74 Å². The number of carbonyl (C=O) groups is 1. The first-order valence-corrected chi connectivity index (χ1v) is 12.3. The molecule has 1 heterocycles. The summed E-state index contributed by atoms with van der Waals surface area (Å²) in [5.74, 6) is 0.0569. The van der Waals surface area contributed by atoms with Crippen LogP contribution >= 0.6 is 0 Å². The van der Waals surface area contributed by atoms with Crippen molar-refractivity contribution in [1.82, 2.24) is 14.5 Å². The van der Waals surface area contributed by atoms with Crippen LogP contribution in [0.15, 0.2) is 54.6 Å². The van der Waals surface area contributed by atoms with Gasteiger partial charge in [0.15, 0.2) is 0 Å². The maximum absolute atomic E-state index is 12.7. The molecule has 31 heavy (non-hydrogen) atoms. The van der Waals surface area contributed by atoms with Gasteiger partial charge < -0.3 is 15.0 Å². The summed E-state index contributed by atoms with van der Waals surface area (Å²) in [7, 11) is -3.41. The Kier molecular flexibility index (Phi) is 8.45. The van der Waals surface area contributed by atoms with Gasteiger partial charge in [0.1, 0.15) is 5.75 Å². The quantitative estimate of drug-likeness (QED) is 0.605. The summed E-state index contributed by atoms with van der Waals surface area (Å²) in [5, 5.41) is 2.71. The number of carbonyl (C=O) groups excluding carboxylic acids is 1. The third-order valence-electron chi connectivity index (χ3n) is 5.36. The first-order valence-electron chi connectivity index (χ1n) is 10.7. The van der Waals surface area contributed by atoms with Gasteiger partial charge >= 0.3 is 0 Å². The molecule has 1 amide bonds. The van der Waals surface area contributed by atoms with E-state index >= 15 is 0 Å². The average molecular weight is 446 g/mol. The third kappa shape index (κ3) is 6.78. The van der Waals surface area contributed by atoms with Crippen molar-refractivity contribution in [1.29, 1.82) is 0 Å². The normalized spacial score (nSPS) is 15.5. The first-order chi connectivity index (χ1) is 15.0. The van der Waals surface area contributed by atoms with E-state index in [2.05, 4.69) is 22.3 Å².